The minimum Gasteiger partial charge on any atom is -0.372 e. The zero-order chi connectivity index (χ0) is 21.5. The Labute approximate surface area is 185 Å². The molecule has 2 aliphatic rings. The number of hydrogen-bond acceptors (Lipinski definition) is 7. The van der Waals surface area contributed by atoms with E-state index in [-0.39, 0.29) is 11.6 Å². The van der Waals surface area contributed by atoms with E-state index in [4.69, 9.17) is 4.98 Å². The van der Waals surface area contributed by atoms with Gasteiger partial charge in [-0.05, 0) is 56.4 Å². The molecule has 164 valence electrons. The summed E-state index contributed by atoms with van der Waals surface area (Å²) in [7, 11) is 0. The number of nitrogens with zero attached hydrogens (tertiary/aromatic N) is 7. The maximum absolute atomic E-state index is 13.2. The Balaban J connectivity index is 1.36. The first-order chi connectivity index (χ1) is 15.8. The molecule has 0 amide bonds. The minimum atomic E-state index is -0.141. The Kier molecular flexibility index (Phi) is 4.74. The van der Waals surface area contributed by atoms with Crippen LogP contribution < -0.4 is 15.8 Å². The third-order valence-electron chi connectivity index (χ3n) is 6.73. The molecule has 0 atom stereocenters. The lowest BCUT2D eigenvalue weighted by Crippen LogP contribution is -2.29. The highest BCUT2D eigenvalue weighted by molar-refractivity contribution is 5.75. The average molecular weight is 431 g/mol. The van der Waals surface area contributed by atoms with Crippen molar-refractivity contribution >= 4 is 34.1 Å². The Bertz CT molecular complexity index is 1310. The second-order valence-electron chi connectivity index (χ2n) is 8.76. The number of benzene rings is 1. The van der Waals surface area contributed by atoms with E-state index in [1.807, 2.05) is 0 Å². The number of nitrogens with one attached hydrogen (secondary N) is 1. The molecule has 1 N–H and O–H groups in total. The molecule has 4 aromatic rings. The summed E-state index contributed by atoms with van der Waals surface area (Å²) < 4.78 is 3.49. The van der Waals surface area contributed by atoms with Gasteiger partial charge in [0.05, 0.1) is 6.20 Å². The van der Waals surface area contributed by atoms with Crippen molar-refractivity contribution in [2.75, 3.05) is 23.3 Å². The van der Waals surface area contributed by atoms with E-state index in [9.17, 15) is 4.79 Å². The van der Waals surface area contributed by atoms with Crippen LogP contribution >= 0.6 is 0 Å². The number of rotatable bonds is 4. The monoisotopic (exact) mass is 430 g/mol. The Morgan fingerprint density at radius 2 is 1.72 bits per heavy atom. The largest absolute Gasteiger partial charge is 0.372 e. The molecule has 2 fully saturated rings. The maximum Gasteiger partial charge on any atom is 0.298 e. The van der Waals surface area contributed by atoms with Crippen LogP contribution in [0.2, 0.25) is 0 Å². The van der Waals surface area contributed by atoms with Crippen molar-refractivity contribution in [1.29, 1.82) is 0 Å². The standard InChI is InChI=1S/C23H26N8O/c32-22-21-28-25-15-30(21)19-14-24-23(27-20(19)31(22)18-6-2-3-7-18)26-16-8-10-17(11-9-16)29-12-4-1-5-13-29/h8-11,14-15,18H,1-7,12-13H2,(H,24,26,27). The lowest BCUT2D eigenvalue weighted by molar-refractivity contribution is 0.515. The molecule has 1 saturated heterocycles. The fourth-order valence-electron chi connectivity index (χ4n) is 5.07. The Hall–Kier alpha value is -3.49. The van der Waals surface area contributed by atoms with Gasteiger partial charge < -0.3 is 10.2 Å². The van der Waals surface area contributed by atoms with Gasteiger partial charge in [0.1, 0.15) is 11.8 Å². The summed E-state index contributed by atoms with van der Waals surface area (Å²) in [6, 6.07) is 8.54. The van der Waals surface area contributed by atoms with Crippen LogP contribution in [0.5, 0.6) is 0 Å². The molecule has 4 heterocycles. The predicted molar refractivity (Wildman–Crippen MR) is 124 cm³/mol. The van der Waals surface area contributed by atoms with Crippen molar-refractivity contribution in [3.05, 3.63) is 47.1 Å². The first kappa shape index (κ1) is 19.2. The fraction of sp³-hybridized carbons (Fsp3) is 0.435. The van der Waals surface area contributed by atoms with Gasteiger partial charge in [0, 0.05) is 30.5 Å². The van der Waals surface area contributed by atoms with Crippen molar-refractivity contribution in [3.63, 3.8) is 0 Å². The first-order valence-corrected chi connectivity index (χ1v) is 11.5. The van der Waals surface area contributed by atoms with E-state index in [0.717, 1.165) is 50.0 Å². The van der Waals surface area contributed by atoms with Crippen molar-refractivity contribution in [1.82, 2.24) is 29.1 Å². The van der Waals surface area contributed by atoms with Crippen LogP contribution in [0.4, 0.5) is 17.3 Å². The molecule has 1 saturated carbocycles. The van der Waals surface area contributed by atoms with E-state index in [1.165, 1.54) is 24.9 Å². The molecule has 1 aliphatic heterocycles. The van der Waals surface area contributed by atoms with Gasteiger partial charge in [-0.15, -0.1) is 10.2 Å². The summed E-state index contributed by atoms with van der Waals surface area (Å²) in [4.78, 5) is 24.9. The van der Waals surface area contributed by atoms with Gasteiger partial charge in [0.2, 0.25) is 11.6 Å². The smallest absolute Gasteiger partial charge is 0.298 e. The number of anilines is 3. The fourth-order valence-corrected chi connectivity index (χ4v) is 5.07. The third kappa shape index (κ3) is 3.28. The number of hydrogen-bond donors (Lipinski definition) is 1. The molecule has 1 aliphatic carbocycles. The van der Waals surface area contributed by atoms with Crippen LogP contribution in [0, 0.1) is 0 Å². The van der Waals surface area contributed by atoms with Crippen molar-refractivity contribution < 1.29 is 0 Å². The number of fused-ring (bicyclic) bond motifs is 3. The molecule has 0 spiro atoms. The molecule has 0 radical (unpaired) electrons. The summed E-state index contributed by atoms with van der Waals surface area (Å²) in [5.41, 5.74) is 3.71. The second kappa shape index (κ2) is 7.89. The van der Waals surface area contributed by atoms with Crippen molar-refractivity contribution in [2.45, 2.75) is 51.0 Å². The summed E-state index contributed by atoms with van der Waals surface area (Å²) in [6.07, 6.45) is 11.3. The zero-order valence-corrected chi connectivity index (χ0v) is 17.9. The number of aromatic nitrogens is 6. The van der Waals surface area contributed by atoms with Gasteiger partial charge >= 0.3 is 0 Å². The molecule has 3 aromatic heterocycles. The van der Waals surface area contributed by atoms with E-state index in [2.05, 4.69) is 49.7 Å². The second-order valence-corrected chi connectivity index (χ2v) is 8.76. The Morgan fingerprint density at radius 1 is 0.938 bits per heavy atom. The van der Waals surface area contributed by atoms with Gasteiger partial charge in [0.25, 0.3) is 5.56 Å². The van der Waals surface area contributed by atoms with Crippen molar-refractivity contribution in [2.24, 2.45) is 0 Å². The van der Waals surface area contributed by atoms with E-state index in [1.54, 1.807) is 21.5 Å². The summed E-state index contributed by atoms with van der Waals surface area (Å²) in [5.74, 6) is 0.474. The predicted octanol–water partition coefficient (Wildman–Crippen LogP) is 3.68. The lowest BCUT2D eigenvalue weighted by Gasteiger charge is -2.28. The van der Waals surface area contributed by atoms with Crippen LogP contribution in [-0.2, 0) is 0 Å². The molecule has 32 heavy (non-hydrogen) atoms. The SMILES string of the molecule is O=c1c2nncn2c2cnc(Nc3ccc(N4CCCCC4)cc3)nc2n1C1CCCC1. The highest BCUT2D eigenvalue weighted by Crippen LogP contribution is 2.31. The maximum atomic E-state index is 13.2. The summed E-state index contributed by atoms with van der Waals surface area (Å²) in [6.45, 7) is 2.24. The molecule has 1 aromatic carbocycles. The third-order valence-corrected chi connectivity index (χ3v) is 6.73. The highest BCUT2D eigenvalue weighted by Gasteiger charge is 2.24. The van der Waals surface area contributed by atoms with Crippen LogP contribution in [0.3, 0.4) is 0 Å². The van der Waals surface area contributed by atoms with Crippen LogP contribution in [0.15, 0.2) is 41.6 Å². The average Bonchev–Trinajstić information content (AvgIpc) is 3.53. The van der Waals surface area contributed by atoms with Gasteiger partial charge in [-0.2, -0.15) is 4.98 Å². The molecule has 6 rings (SSSR count). The zero-order valence-electron chi connectivity index (χ0n) is 17.9. The molecule has 9 nitrogen and oxygen atoms in total. The van der Waals surface area contributed by atoms with Crippen LogP contribution in [0.1, 0.15) is 51.0 Å². The normalized spacial score (nSPS) is 17.4. The molecule has 9 heteroatoms. The topological polar surface area (TPSA) is 93.2 Å². The summed E-state index contributed by atoms with van der Waals surface area (Å²) >= 11 is 0. The molecular weight excluding hydrogens is 404 g/mol. The van der Waals surface area contributed by atoms with E-state index >= 15 is 0 Å². The van der Waals surface area contributed by atoms with Gasteiger partial charge in [-0.3, -0.25) is 13.8 Å². The quantitative estimate of drug-likeness (QED) is 0.528. The lowest BCUT2D eigenvalue weighted by atomic mass is 10.1. The van der Waals surface area contributed by atoms with Crippen molar-refractivity contribution in [3.8, 4) is 0 Å². The highest BCUT2D eigenvalue weighted by atomic mass is 16.1. The summed E-state index contributed by atoms with van der Waals surface area (Å²) in [5, 5.41) is 11.3. The van der Waals surface area contributed by atoms with Gasteiger partial charge in [0.15, 0.2) is 5.65 Å². The van der Waals surface area contributed by atoms with E-state index in [0.29, 0.717) is 17.2 Å². The van der Waals surface area contributed by atoms with Gasteiger partial charge in [-0.25, -0.2) is 4.98 Å². The Morgan fingerprint density at radius 3 is 2.50 bits per heavy atom. The molecule has 0 unspecified atom stereocenters. The minimum absolute atomic E-state index is 0.137. The number of piperidine rings is 1. The van der Waals surface area contributed by atoms with E-state index < -0.39 is 0 Å². The van der Waals surface area contributed by atoms with Gasteiger partial charge in [-0.1, -0.05) is 12.8 Å². The molecular formula is C23H26N8O. The van der Waals surface area contributed by atoms with Crippen LogP contribution in [0.25, 0.3) is 16.8 Å². The van der Waals surface area contributed by atoms with Crippen LogP contribution in [-0.4, -0.2) is 42.2 Å². The molecule has 0 bridgehead atoms. The first-order valence-electron chi connectivity index (χ1n) is 11.5.